The third kappa shape index (κ3) is 2.90. The average molecular weight is 355 g/mol. The van der Waals surface area contributed by atoms with Crippen LogP contribution in [-0.4, -0.2) is 37.8 Å². The van der Waals surface area contributed by atoms with Gasteiger partial charge in [-0.1, -0.05) is 6.92 Å². The summed E-state index contributed by atoms with van der Waals surface area (Å²) < 4.78 is 18.7. The molecule has 5 nitrogen and oxygen atoms in total. The molecule has 1 aliphatic heterocycles. The fourth-order valence-corrected chi connectivity index (χ4v) is 3.78. The molecule has 0 bridgehead atoms. The van der Waals surface area contributed by atoms with Crippen LogP contribution in [0.3, 0.4) is 0 Å². The van der Waals surface area contributed by atoms with Crippen molar-refractivity contribution >= 4 is 5.78 Å². The van der Waals surface area contributed by atoms with E-state index in [0.29, 0.717) is 24.9 Å². The largest absolute Gasteiger partial charge is 0.493 e. The molecule has 2 heterocycles. The normalized spacial score (nSPS) is 18.2. The van der Waals surface area contributed by atoms with Crippen LogP contribution in [0.2, 0.25) is 0 Å². The fraction of sp³-hybridized carbons (Fsp3) is 0.476. The van der Waals surface area contributed by atoms with Gasteiger partial charge in [-0.15, -0.1) is 0 Å². The summed E-state index contributed by atoms with van der Waals surface area (Å²) in [5.41, 5.74) is 4.15. The number of methoxy groups -OCH3 is 2. The predicted octanol–water partition coefficient (Wildman–Crippen LogP) is 3.90. The van der Waals surface area contributed by atoms with Gasteiger partial charge in [0.2, 0.25) is 0 Å². The monoisotopic (exact) mass is 355 g/mol. The lowest BCUT2D eigenvalue weighted by atomic mass is 9.88. The first-order valence-corrected chi connectivity index (χ1v) is 9.21. The van der Waals surface area contributed by atoms with Gasteiger partial charge in [0.15, 0.2) is 17.3 Å². The summed E-state index contributed by atoms with van der Waals surface area (Å²) in [6.07, 6.45) is 4.07. The molecule has 1 aliphatic carbocycles. The van der Waals surface area contributed by atoms with E-state index >= 15 is 0 Å². The van der Waals surface area contributed by atoms with Crippen molar-refractivity contribution in [3.63, 3.8) is 0 Å². The Morgan fingerprint density at radius 2 is 2.00 bits per heavy atom. The number of carbonyl (C=O) groups is 1. The Balaban J connectivity index is 1.78. The second-order valence-corrected chi connectivity index (χ2v) is 7.20. The molecule has 1 unspecified atom stereocenters. The highest BCUT2D eigenvalue weighted by atomic mass is 16.5. The maximum atomic E-state index is 12.7. The standard InChI is InChI=1S/C21H25NO4/c1-13-12-22-7-6-15(21(23)14-4-5-14)20(22)17-11-18(25-3)19(10-16(13)17)26-9-8-24-2/h6-7,10-11,13-14H,4-5,8-9,12H2,1-3H3. The van der Waals surface area contributed by atoms with Crippen molar-refractivity contribution in [2.75, 3.05) is 27.4 Å². The van der Waals surface area contributed by atoms with Crippen molar-refractivity contribution in [3.8, 4) is 22.8 Å². The second kappa shape index (κ2) is 6.80. The van der Waals surface area contributed by atoms with Crippen molar-refractivity contribution in [1.82, 2.24) is 4.57 Å². The van der Waals surface area contributed by atoms with Crippen LogP contribution in [0.25, 0.3) is 11.3 Å². The molecule has 138 valence electrons. The Kier molecular flexibility index (Phi) is 4.49. The lowest BCUT2D eigenvalue weighted by Crippen LogP contribution is -2.17. The van der Waals surface area contributed by atoms with Crippen LogP contribution in [-0.2, 0) is 11.3 Å². The zero-order valence-corrected chi connectivity index (χ0v) is 15.6. The number of ketones is 1. The summed E-state index contributed by atoms with van der Waals surface area (Å²) in [6, 6.07) is 6.06. The highest BCUT2D eigenvalue weighted by molar-refractivity contribution is 6.05. The van der Waals surface area contributed by atoms with E-state index in [1.54, 1.807) is 14.2 Å². The first kappa shape index (κ1) is 17.2. The minimum atomic E-state index is 0.212. The van der Waals surface area contributed by atoms with Gasteiger partial charge in [0.05, 0.1) is 19.4 Å². The van der Waals surface area contributed by atoms with E-state index in [9.17, 15) is 4.79 Å². The van der Waals surface area contributed by atoms with Crippen LogP contribution < -0.4 is 9.47 Å². The van der Waals surface area contributed by atoms with Crippen LogP contribution in [0.4, 0.5) is 0 Å². The van der Waals surface area contributed by atoms with Gasteiger partial charge in [0.1, 0.15) is 6.61 Å². The summed E-state index contributed by atoms with van der Waals surface area (Å²) in [5, 5.41) is 0. The lowest BCUT2D eigenvalue weighted by molar-refractivity contribution is 0.0968. The number of hydrogen-bond donors (Lipinski definition) is 0. The topological polar surface area (TPSA) is 49.7 Å². The molecule has 2 aromatic rings. The molecule has 0 amide bonds. The third-order valence-electron chi connectivity index (χ3n) is 5.31. The zero-order chi connectivity index (χ0) is 18.3. The molecule has 0 radical (unpaired) electrons. The van der Waals surface area contributed by atoms with Gasteiger partial charge < -0.3 is 18.8 Å². The molecular weight excluding hydrogens is 330 g/mol. The molecule has 1 aromatic heterocycles. The number of nitrogens with zero attached hydrogens (tertiary/aromatic N) is 1. The van der Waals surface area contributed by atoms with Gasteiger partial charge in [0, 0.05) is 36.9 Å². The summed E-state index contributed by atoms with van der Waals surface area (Å²) in [7, 11) is 3.30. The highest BCUT2D eigenvalue weighted by Crippen LogP contribution is 2.45. The van der Waals surface area contributed by atoms with E-state index in [1.807, 2.05) is 18.3 Å². The summed E-state index contributed by atoms with van der Waals surface area (Å²) in [4.78, 5) is 12.7. The first-order valence-electron chi connectivity index (χ1n) is 9.21. The van der Waals surface area contributed by atoms with E-state index in [4.69, 9.17) is 14.2 Å². The molecule has 5 heteroatoms. The molecule has 1 fully saturated rings. The fourth-order valence-electron chi connectivity index (χ4n) is 3.78. The van der Waals surface area contributed by atoms with Crippen molar-refractivity contribution in [1.29, 1.82) is 0 Å². The molecular formula is C21H25NO4. The van der Waals surface area contributed by atoms with Gasteiger partial charge in [0.25, 0.3) is 0 Å². The van der Waals surface area contributed by atoms with Gasteiger partial charge in [-0.25, -0.2) is 0 Å². The highest BCUT2D eigenvalue weighted by Gasteiger charge is 2.35. The molecule has 0 spiro atoms. The molecule has 1 aromatic carbocycles. The first-order chi connectivity index (χ1) is 12.6. The molecule has 0 N–H and O–H groups in total. The number of fused-ring (bicyclic) bond motifs is 3. The Labute approximate surface area is 153 Å². The molecule has 26 heavy (non-hydrogen) atoms. The minimum Gasteiger partial charge on any atom is -0.493 e. The van der Waals surface area contributed by atoms with Gasteiger partial charge in [-0.3, -0.25) is 4.79 Å². The predicted molar refractivity (Wildman–Crippen MR) is 99.3 cm³/mol. The summed E-state index contributed by atoms with van der Waals surface area (Å²) in [5.74, 6) is 2.24. The van der Waals surface area contributed by atoms with E-state index in [-0.39, 0.29) is 11.7 Å². The van der Waals surface area contributed by atoms with Gasteiger partial charge in [-0.05, 0) is 42.5 Å². The lowest BCUT2D eigenvalue weighted by Gasteiger charge is -2.27. The molecule has 0 saturated heterocycles. The van der Waals surface area contributed by atoms with Crippen molar-refractivity contribution in [3.05, 3.63) is 35.5 Å². The number of benzene rings is 1. The van der Waals surface area contributed by atoms with Crippen LogP contribution in [0.5, 0.6) is 11.5 Å². The maximum absolute atomic E-state index is 12.7. The average Bonchev–Trinajstić information content (AvgIpc) is 3.41. The number of Topliss-reactive ketones (excluding diaryl/α,β-unsaturated/α-hetero) is 1. The van der Waals surface area contributed by atoms with E-state index in [2.05, 4.69) is 17.6 Å². The van der Waals surface area contributed by atoms with E-state index in [1.165, 1.54) is 5.56 Å². The Morgan fingerprint density at radius 3 is 2.69 bits per heavy atom. The van der Waals surface area contributed by atoms with Crippen LogP contribution in [0.1, 0.15) is 41.6 Å². The Bertz CT molecular complexity index is 835. The number of carbonyl (C=O) groups excluding carboxylic acids is 1. The number of aromatic nitrogens is 1. The smallest absolute Gasteiger partial charge is 0.168 e. The van der Waals surface area contributed by atoms with Crippen LogP contribution in [0, 0.1) is 5.92 Å². The Morgan fingerprint density at radius 1 is 1.19 bits per heavy atom. The molecule has 2 aliphatic rings. The van der Waals surface area contributed by atoms with Gasteiger partial charge >= 0.3 is 0 Å². The molecule has 1 saturated carbocycles. The molecule has 4 rings (SSSR count). The van der Waals surface area contributed by atoms with Gasteiger partial charge in [-0.2, -0.15) is 0 Å². The van der Waals surface area contributed by atoms with E-state index in [0.717, 1.165) is 42.0 Å². The number of hydrogen-bond acceptors (Lipinski definition) is 4. The Hall–Kier alpha value is -2.27. The van der Waals surface area contributed by atoms with Crippen molar-refractivity contribution in [2.24, 2.45) is 5.92 Å². The number of ether oxygens (including phenoxy) is 3. The van der Waals surface area contributed by atoms with Crippen LogP contribution >= 0.6 is 0 Å². The SMILES string of the molecule is COCCOc1cc2c(cc1OC)-c1c(C(=O)C3CC3)ccn1CC2C. The second-order valence-electron chi connectivity index (χ2n) is 7.20. The van der Waals surface area contributed by atoms with Crippen molar-refractivity contribution < 1.29 is 19.0 Å². The molecule has 1 atom stereocenters. The zero-order valence-electron chi connectivity index (χ0n) is 15.6. The minimum absolute atomic E-state index is 0.212. The van der Waals surface area contributed by atoms with Crippen molar-refractivity contribution in [2.45, 2.75) is 32.2 Å². The third-order valence-corrected chi connectivity index (χ3v) is 5.31. The maximum Gasteiger partial charge on any atom is 0.168 e. The quantitative estimate of drug-likeness (QED) is 0.558. The van der Waals surface area contributed by atoms with Crippen LogP contribution in [0.15, 0.2) is 24.4 Å². The summed E-state index contributed by atoms with van der Waals surface area (Å²) in [6.45, 7) is 4.07. The number of rotatable bonds is 7. The van der Waals surface area contributed by atoms with E-state index < -0.39 is 0 Å². The summed E-state index contributed by atoms with van der Waals surface area (Å²) >= 11 is 0.